The van der Waals surface area contributed by atoms with Crippen molar-refractivity contribution in [2.45, 2.75) is 64.0 Å². The number of carbonyl (C=O) groups is 2. The molecule has 2 fully saturated rings. The first-order chi connectivity index (χ1) is 11.5. The molecule has 0 aliphatic carbocycles. The summed E-state index contributed by atoms with van der Waals surface area (Å²) in [5.74, 6) is 0.699. The van der Waals surface area contributed by atoms with Gasteiger partial charge in [-0.05, 0) is 50.0 Å². The van der Waals surface area contributed by atoms with E-state index in [4.69, 9.17) is 0 Å². The summed E-state index contributed by atoms with van der Waals surface area (Å²) in [6.07, 6.45) is 4.89. The van der Waals surface area contributed by atoms with E-state index in [2.05, 4.69) is 31.3 Å². The summed E-state index contributed by atoms with van der Waals surface area (Å²) in [7, 11) is 0. The Balaban J connectivity index is 1.81. The molecule has 1 N–H and O–H groups in total. The van der Waals surface area contributed by atoms with Gasteiger partial charge in [0.05, 0.1) is 0 Å². The smallest absolute Gasteiger partial charge is 0.249 e. The summed E-state index contributed by atoms with van der Waals surface area (Å²) in [4.78, 5) is 27.6. The maximum atomic E-state index is 13.2. The first kappa shape index (κ1) is 17.0. The van der Waals surface area contributed by atoms with Crippen LogP contribution < -0.4 is 5.32 Å². The second kappa shape index (κ2) is 6.96. The highest BCUT2D eigenvalue weighted by Crippen LogP contribution is 2.33. The van der Waals surface area contributed by atoms with Crippen LogP contribution in [0.2, 0.25) is 0 Å². The molecule has 2 saturated heterocycles. The van der Waals surface area contributed by atoms with Crippen molar-refractivity contribution in [3.05, 3.63) is 35.9 Å². The summed E-state index contributed by atoms with van der Waals surface area (Å²) in [6.45, 7) is 5.06. The number of benzene rings is 1. The van der Waals surface area contributed by atoms with Crippen LogP contribution in [0.5, 0.6) is 0 Å². The second-order valence-electron chi connectivity index (χ2n) is 7.65. The lowest BCUT2D eigenvalue weighted by molar-refractivity contribution is -0.153. The fourth-order valence-electron chi connectivity index (χ4n) is 3.93. The van der Waals surface area contributed by atoms with E-state index in [1.165, 1.54) is 5.56 Å². The van der Waals surface area contributed by atoms with E-state index in [-0.39, 0.29) is 17.9 Å². The SMILES string of the molecule is CC(C)CC[C@@]1(CCc2ccccc2)NC(=O)[C@@H]2CCCN2C1=O. The van der Waals surface area contributed by atoms with Gasteiger partial charge in [0, 0.05) is 6.54 Å². The molecule has 0 saturated carbocycles. The van der Waals surface area contributed by atoms with E-state index in [1.54, 1.807) is 0 Å². The predicted molar refractivity (Wildman–Crippen MR) is 94.4 cm³/mol. The van der Waals surface area contributed by atoms with E-state index < -0.39 is 5.54 Å². The number of fused-ring (bicyclic) bond motifs is 1. The number of hydrogen-bond donors (Lipinski definition) is 1. The molecule has 0 bridgehead atoms. The summed E-state index contributed by atoms with van der Waals surface area (Å²) in [6, 6.07) is 9.98. The van der Waals surface area contributed by atoms with Gasteiger partial charge in [-0.25, -0.2) is 0 Å². The third-order valence-corrected chi connectivity index (χ3v) is 5.42. The third kappa shape index (κ3) is 3.33. The van der Waals surface area contributed by atoms with Gasteiger partial charge in [-0.1, -0.05) is 44.2 Å². The van der Waals surface area contributed by atoms with Crippen LogP contribution in [0.4, 0.5) is 0 Å². The minimum Gasteiger partial charge on any atom is -0.340 e. The molecule has 24 heavy (non-hydrogen) atoms. The number of carbonyl (C=O) groups excluding carboxylic acids is 2. The number of hydrogen-bond acceptors (Lipinski definition) is 2. The molecule has 0 spiro atoms. The van der Waals surface area contributed by atoms with Gasteiger partial charge in [0.1, 0.15) is 11.6 Å². The molecule has 2 aliphatic rings. The molecule has 4 heteroatoms. The lowest BCUT2D eigenvalue weighted by Gasteiger charge is -2.44. The Hall–Kier alpha value is -1.84. The number of rotatable bonds is 6. The van der Waals surface area contributed by atoms with Gasteiger partial charge in [0.15, 0.2) is 0 Å². The zero-order valence-electron chi connectivity index (χ0n) is 14.8. The largest absolute Gasteiger partial charge is 0.340 e. The number of nitrogens with zero attached hydrogens (tertiary/aromatic N) is 1. The molecule has 1 aromatic rings. The molecule has 0 radical (unpaired) electrons. The van der Waals surface area contributed by atoms with Crippen molar-refractivity contribution >= 4 is 11.8 Å². The van der Waals surface area contributed by atoms with E-state index in [0.717, 1.165) is 38.6 Å². The molecule has 0 aromatic heterocycles. The topological polar surface area (TPSA) is 49.4 Å². The average molecular weight is 328 g/mol. The van der Waals surface area contributed by atoms with Crippen LogP contribution in [0.15, 0.2) is 30.3 Å². The van der Waals surface area contributed by atoms with Gasteiger partial charge in [-0.3, -0.25) is 9.59 Å². The molecule has 130 valence electrons. The molecule has 2 heterocycles. The van der Waals surface area contributed by atoms with Crippen LogP contribution in [0.25, 0.3) is 0 Å². The predicted octanol–water partition coefficient (Wildman–Crippen LogP) is 2.92. The summed E-state index contributed by atoms with van der Waals surface area (Å²) in [5, 5.41) is 3.15. The van der Waals surface area contributed by atoms with Gasteiger partial charge in [-0.2, -0.15) is 0 Å². The van der Waals surface area contributed by atoms with Crippen molar-refractivity contribution in [1.82, 2.24) is 10.2 Å². The molecule has 2 atom stereocenters. The van der Waals surface area contributed by atoms with Crippen LogP contribution in [-0.2, 0) is 16.0 Å². The maximum Gasteiger partial charge on any atom is 0.249 e. The Morgan fingerprint density at radius 3 is 2.67 bits per heavy atom. The highest BCUT2D eigenvalue weighted by atomic mass is 16.2. The average Bonchev–Trinajstić information content (AvgIpc) is 3.07. The zero-order valence-corrected chi connectivity index (χ0v) is 14.8. The van der Waals surface area contributed by atoms with Crippen molar-refractivity contribution in [2.24, 2.45) is 5.92 Å². The highest BCUT2D eigenvalue weighted by Gasteiger charge is 2.51. The lowest BCUT2D eigenvalue weighted by atomic mass is 9.81. The molecule has 0 unspecified atom stereocenters. The van der Waals surface area contributed by atoms with E-state index in [0.29, 0.717) is 12.3 Å². The Morgan fingerprint density at radius 1 is 1.21 bits per heavy atom. The molecule has 3 rings (SSSR count). The van der Waals surface area contributed by atoms with Crippen LogP contribution in [0, 0.1) is 5.92 Å². The fraction of sp³-hybridized carbons (Fsp3) is 0.600. The second-order valence-corrected chi connectivity index (χ2v) is 7.65. The highest BCUT2D eigenvalue weighted by molar-refractivity contribution is 6.00. The minimum atomic E-state index is -0.724. The van der Waals surface area contributed by atoms with Gasteiger partial charge >= 0.3 is 0 Å². The van der Waals surface area contributed by atoms with Crippen LogP contribution in [0.3, 0.4) is 0 Å². The lowest BCUT2D eigenvalue weighted by Crippen LogP contribution is -2.69. The van der Waals surface area contributed by atoms with E-state index in [1.807, 2.05) is 23.1 Å². The van der Waals surface area contributed by atoms with Gasteiger partial charge in [-0.15, -0.1) is 0 Å². The Kier molecular flexibility index (Phi) is 4.93. The minimum absolute atomic E-state index is 0.0453. The van der Waals surface area contributed by atoms with Crippen molar-refractivity contribution in [2.75, 3.05) is 6.54 Å². The Bertz CT molecular complexity index is 599. The molecule has 4 nitrogen and oxygen atoms in total. The normalized spacial score (nSPS) is 26.6. The van der Waals surface area contributed by atoms with Crippen LogP contribution in [0.1, 0.15) is 51.5 Å². The molecule has 2 aliphatic heterocycles. The van der Waals surface area contributed by atoms with Gasteiger partial charge in [0.2, 0.25) is 11.8 Å². The van der Waals surface area contributed by atoms with Gasteiger partial charge in [0.25, 0.3) is 0 Å². The first-order valence-electron chi connectivity index (χ1n) is 9.19. The Morgan fingerprint density at radius 2 is 1.96 bits per heavy atom. The number of aryl methyl sites for hydroxylation is 1. The van der Waals surface area contributed by atoms with Crippen LogP contribution >= 0.6 is 0 Å². The number of piperazine rings is 1. The molecule has 1 aromatic carbocycles. The third-order valence-electron chi connectivity index (χ3n) is 5.42. The standard InChI is InChI=1S/C20H28N2O2/c1-15(2)10-12-20(13-11-16-7-4-3-5-8-16)19(24)22-14-6-9-17(22)18(23)21-20/h3-5,7-8,15,17H,6,9-14H2,1-2H3,(H,21,23)/t17-,20-/m0/s1. The molecule has 2 amide bonds. The van der Waals surface area contributed by atoms with Crippen molar-refractivity contribution in [1.29, 1.82) is 0 Å². The van der Waals surface area contributed by atoms with Crippen molar-refractivity contribution in [3.63, 3.8) is 0 Å². The molecular weight excluding hydrogens is 300 g/mol. The monoisotopic (exact) mass is 328 g/mol. The van der Waals surface area contributed by atoms with Gasteiger partial charge < -0.3 is 10.2 Å². The summed E-state index contributed by atoms with van der Waals surface area (Å²) < 4.78 is 0. The molecular formula is C20H28N2O2. The number of nitrogens with one attached hydrogen (secondary N) is 1. The maximum absolute atomic E-state index is 13.2. The van der Waals surface area contributed by atoms with Crippen molar-refractivity contribution < 1.29 is 9.59 Å². The fourth-order valence-corrected chi connectivity index (χ4v) is 3.93. The summed E-state index contributed by atoms with van der Waals surface area (Å²) >= 11 is 0. The quantitative estimate of drug-likeness (QED) is 0.873. The zero-order chi connectivity index (χ0) is 17.2. The Labute approximate surface area is 144 Å². The number of amides is 2. The van der Waals surface area contributed by atoms with E-state index in [9.17, 15) is 9.59 Å². The van der Waals surface area contributed by atoms with Crippen molar-refractivity contribution in [3.8, 4) is 0 Å². The van der Waals surface area contributed by atoms with E-state index >= 15 is 0 Å². The summed E-state index contributed by atoms with van der Waals surface area (Å²) in [5.41, 5.74) is 0.491. The first-order valence-corrected chi connectivity index (χ1v) is 9.19. The van der Waals surface area contributed by atoms with Crippen LogP contribution in [-0.4, -0.2) is 34.8 Å².